The number of anilines is 1. The van der Waals surface area contributed by atoms with Gasteiger partial charge in [0.25, 0.3) is 0 Å². The van der Waals surface area contributed by atoms with E-state index in [4.69, 9.17) is 0 Å². The third-order valence-electron chi connectivity index (χ3n) is 5.62. The van der Waals surface area contributed by atoms with Gasteiger partial charge in [-0.05, 0) is 42.5 Å². The Morgan fingerprint density at radius 3 is 2.38 bits per heavy atom. The average molecular weight is 469 g/mol. The lowest BCUT2D eigenvalue weighted by molar-refractivity contribution is 0.424. The van der Waals surface area contributed by atoms with Gasteiger partial charge in [-0.3, -0.25) is 5.43 Å². The summed E-state index contributed by atoms with van der Waals surface area (Å²) in [6.07, 6.45) is 6.84. The van der Waals surface area contributed by atoms with Crippen molar-refractivity contribution in [1.29, 1.82) is 0 Å². The molecule has 0 amide bonds. The second kappa shape index (κ2) is 10.4. The van der Waals surface area contributed by atoms with Crippen molar-refractivity contribution in [2.24, 2.45) is 5.10 Å². The van der Waals surface area contributed by atoms with Gasteiger partial charge < -0.3 is 0 Å². The van der Waals surface area contributed by atoms with Crippen molar-refractivity contribution in [3.8, 4) is 11.3 Å². The predicted octanol–water partition coefficient (Wildman–Crippen LogP) is 5.38. The highest BCUT2D eigenvalue weighted by Crippen LogP contribution is 2.27. The first-order valence-electron chi connectivity index (χ1n) is 11.0. The van der Waals surface area contributed by atoms with Gasteiger partial charge in [0.05, 0.1) is 16.8 Å². The number of nitrogens with zero attached hydrogens (tertiary/aromatic N) is 3. The fraction of sp³-hybridized carbons (Fsp3) is 0.333. The third kappa shape index (κ3) is 5.43. The van der Waals surface area contributed by atoms with Crippen molar-refractivity contribution >= 4 is 32.7 Å². The molecule has 1 aromatic heterocycles. The van der Waals surface area contributed by atoms with Crippen LogP contribution in [0.4, 0.5) is 5.13 Å². The van der Waals surface area contributed by atoms with Crippen molar-refractivity contribution in [1.82, 2.24) is 9.29 Å². The lowest BCUT2D eigenvalue weighted by Gasteiger charge is -2.19. The number of rotatable bonds is 7. The van der Waals surface area contributed by atoms with E-state index in [1.807, 2.05) is 29.6 Å². The van der Waals surface area contributed by atoms with E-state index in [9.17, 15) is 8.42 Å². The number of sulfonamides is 1. The summed E-state index contributed by atoms with van der Waals surface area (Å²) >= 11 is 1.46. The van der Waals surface area contributed by atoms with Gasteiger partial charge in [-0.2, -0.15) is 9.41 Å². The van der Waals surface area contributed by atoms with Gasteiger partial charge in [0.1, 0.15) is 0 Å². The van der Waals surface area contributed by atoms with E-state index < -0.39 is 10.0 Å². The fourth-order valence-electron chi connectivity index (χ4n) is 3.69. The number of aromatic nitrogens is 1. The van der Waals surface area contributed by atoms with Crippen LogP contribution in [0.1, 0.15) is 43.7 Å². The first kappa shape index (κ1) is 22.6. The van der Waals surface area contributed by atoms with Crippen LogP contribution in [0, 0.1) is 0 Å². The van der Waals surface area contributed by atoms with Crippen LogP contribution in [-0.2, 0) is 16.4 Å². The van der Waals surface area contributed by atoms with Gasteiger partial charge in [0.2, 0.25) is 15.2 Å². The van der Waals surface area contributed by atoms with E-state index in [1.54, 1.807) is 22.7 Å². The summed E-state index contributed by atoms with van der Waals surface area (Å²) in [4.78, 5) is 4.91. The zero-order chi connectivity index (χ0) is 22.4. The lowest BCUT2D eigenvalue weighted by atomic mass is 10.1. The van der Waals surface area contributed by atoms with Gasteiger partial charge >= 0.3 is 0 Å². The van der Waals surface area contributed by atoms with Crippen LogP contribution in [0.3, 0.4) is 0 Å². The Bertz CT molecular complexity index is 1150. The Kier molecular flexibility index (Phi) is 7.34. The molecule has 1 N–H and O–H groups in total. The van der Waals surface area contributed by atoms with E-state index in [2.05, 4.69) is 34.6 Å². The molecule has 6 nitrogen and oxygen atoms in total. The van der Waals surface area contributed by atoms with E-state index in [0.717, 1.165) is 48.9 Å². The van der Waals surface area contributed by atoms with E-state index in [0.29, 0.717) is 23.1 Å². The van der Waals surface area contributed by atoms with Crippen LogP contribution < -0.4 is 5.43 Å². The molecule has 32 heavy (non-hydrogen) atoms. The fourth-order valence-corrected chi connectivity index (χ4v) is 5.87. The second-order valence-corrected chi connectivity index (χ2v) is 10.6. The summed E-state index contributed by atoms with van der Waals surface area (Å²) in [5.74, 6) is 0. The number of hydrogen-bond acceptors (Lipinski definition) is 6. The molecule has 168 valence electrons. The minimum atomic E-state index is -3.44. The Labute approximate surface area is 194 Å². The number of benzene rings is 2. The Hall–Kier alpha value is -2.55. The van der Waals surface area contributed by atoms with Crippen LogP contribution in [0.25, 0.3) is 11.3 Å². The number of aryl methyl sites for hydroxylation is 1. The average Bonchev–Trinajstić information content (AvgIpc) is 3.11. The summed E-state index contributed by atoms with van der Waals surface area (Å²) in [7, 11) is -3.44. The molecule has 4 rings (SSSR count). The van der Waals surface area contributed by atoms with Crippen LogP contribution >= 0.6 is 11.3 Å². The molecule has 2 aromatic carbocycles. The number of hydrogen-bond donors (Lipinski definition) is 1. The van der Waals surface area contributed by atoms with Gasteiger partial charge in [-0.1, -0.05) is 56.2 Å². The number of hydrazone groups is 1. The highest BCUT2D eigenvalue weighted by Gasteiger charge is 2.25. The van der Waals surface area contributed by atoms with Crippen LogP contribution in [0.15, 0.2) is 63.9 Å². The van der Waals surface area contributed by atoms with Crippen molar-refractivity contribution in [3.63, 3.8) is 0 Å². The van der Waals surface area contributed by atoms with Crippen molar-refractivity contribution < 1.29 is 8.42 Å². The van der Waals surface area contributed by atoms with E-state index >= 15 is 0 Å². The summed E-state index contributed by atoms with van der Waals surface area (Å²) in [6.45, 7) is 3.34. The highest BCUT2D eigenvalue weighted by molar-refractivity contribution is 7.89. The zero-order valence-electron chi connectivity index (χ0n) is 18.2. The van der Waals surface area contributed by atoms with Gasteiger partial charge in [-0.15, -0.1) is 11.3 Å². The molecule has 8 heteroatoms. The third-order valence-corrected chi connectivity index (χ3v) is 8.28. The largest absolute Gasteiger partial charge is 0.253 e. The van der Waals surface area contributed by atoms with Crippen molar-refractivity contribution in [2.75, 3.05) is 18.5 Å². The minimum Gasteiger partial charge on any atom is -0.253 e. The molecule has 0 aliphatic carbocycles. The Morgan fingerprint density at radius 2 is 1.72 bits per heavy atom. The molecular formula is C24H28N4O2S2. The standard InChI is InChI=1S/C24H28N4O2S2/c1-2-19-7-9-20(10-8-19)17-25-27-24-26-23(18-31-24)21-11-13-22(14-12-21)32(29,30)28-15-5-3-4-6-16-28/h7-14,17-18H,2-6,15-16H2,1H3,(H,26,27)/b25-17+. The molecule has 1 aliphatic heterocycles. The maximum atomic E-state index is 12.9. The molecule has 1 fully saturated rings. The summed E-state index contributed by atoms with van der Waals surface area (Å²) in [5, 5.41) is 6.89. The molecule has 3 aromatic rings. The van der Waals surface area contributed by atoms with Crippen LogP contribution in [-0.4, -0.2) is 37.0 Å². The molecule has 0 unspecified atom stereocenters. The summed E-state index contributed by atoms with van der Waals surface area (Å²) in [5.41, 5.74) is 6.96. The molecule has 0 bridgehead atoms. The maximum absolute atomic E-state index is 12.9. The topological polar surface area (TPSA) is 74.7 Å². The molecule has 0 radical (unpaired) electrons. The Morgan fingerprint density at radius 1 is 1.03 bits per heavy atom. The highest BCUT2D eigenvalue weighted by atomic mass is 32.2. The monoisotopic (exact) mass is 468 g/mol. The zero-order valence-corrected chi connectivity index (χ0v) is 19.8. The maximum Gasteiger partial charge on any atom is 0.243 e. The molecule has 0 atom stereocenters. The molecule has 1 aliphatic rings. The molecule has 0 spiro atoms. The molecule has 2 heterocycles. The SMILES string of the molecule is CCc1ccc(/C=N/Nc2nc(-c3ccc(S(=O)(=O)N4CCCCCC4)cc3)cs2)cc1. The first-order valence-corrected chi connectivity index (χ1v) is 13.3. The van der Waals surface area contributed by atoms with Gasteiger partial charge in [0.15, 0.2) is 0 Å². The predicted molar refractivity (Wildman–Crippen MR) is 132 cm³/mol. The smallest absolute Gasteiger partial charge is 0.243 e. The van der Waals surface area contributed by atoms with Gasteiger partial charge in [-0.25, -0.2) is 13.4 Å². The van der Waals surface area contributed by atoms with Crippen LogP contribution in [0.2, 0.25) is 0 Å². The van der Waals surface area contributed by atoms with Gasteiger partial charge in [0, 0.05) is 24.0 Å². The molecular weight excluding hydrogens is 440 g/mol. The second-order valence-electron chi connectivity index (χ2n) is 7.85. The van der Waals surface area contributed by atoms with Crippen molar-refractivity contribution in [3.05, 3.63) is 65.0 Å². The summed E-state index contributed by atoms with van der Waals surface area (Å²) < 4.78 is 27.5. The normalized spacial score (nSPS) is 15.7. The molecule has 1 saturated heterocycles. The van der Waals surface area contributed by atoms with E-state index in [-0.39, 0.29) is 0 Å². The first-order chi connectivity index (χ1) is 15.6. The van der Waals surface area contributed by atoms with Crippen LogP contribution in [0.5, 0.6) is 0 Å². The number of nitrogens with one attached hydrogen (secondary N) is 1. The van der Waals surface area contributed by atoms with E-state index in [1.165, 1.54) is 16.9 Å². The summed E-state index contributed by atoms with van der Waals surface area (Å²) in [6, 6.07) is 15.3. The number of thiazole rings is 1. The lowest BCUT2D eigenvalue weighted by Crippen LogP contribution is -2.31. The molecule has 0 saturated carbocycles. The Balaban J connectivity index is 1.41. The minimum absolute atomic E-state index is 0.343. The quantitative estimate of drug-likeness (QED) is 0.373. The van der Waals surface area contributed by atoms with Crippen molar-refractivity contribution in [2.45, 2.75) is 43.9 Å².